The fourth-order valence-electron chi connectivity index (χ4n) is 4.49. The lowest BCUT2D eigenvalue weighted by Gasteiger charge is -2.41. The van der Waals surface area contributed by atoms with Crippen LogP contribution in [0.5, 0.6) is 0 Å². The van der Waals surface area contributed by atoms with Gasteiger partial charge >= 0.3 is 5.97 Å². The van der Waals surface area contributed by atoms with E-state index in [0.717, 1.165) is 47.8 Å². The Morgan fingerprint density at radius 3 is 2.70 bits per heavy atom. The van der Waals surface area contributed by atoms with Crippen molar-refractivity contribution in [3.05, 3.63) is 73.9 Å². The van der Waals surface area contributed by atoms with E-state index < -0.39 is 8.32 Å². The van der Waals surface area contributed by atoms with Crippen LogP contribution in [0.25, 0.3) is 0 Å². The summed E-state index contributed by atoms with van der Waals surface area (Å²) >= 11 is 4.33. The summed E-state index contributed by atoms with van der Waals surface area (Å²) in [5, 5.41) is 6.17. The van der Waals surface area contributed by atoms with Crippen LogP contribution in [0.3, 0.4) is 0 Å². The summed E-state index contributed by atoms with van der Waals surface area (Å²) in [4.78, 5) is 30.8. The van der Waals surface area contributed by atoms with Gasteiger partial charge in [-0.05, 0) is 66.7 Å². The molecule has 1 aromatic carbocycles. The lowest BCUT2D eigenvalue weighted by atomic mass is 10.0. The summed E-state index contributed by atoms with van der Waals surface area (Å²) in [7, 11) is -0.659. The molecule has 0 radical (unpaired) electrons. The van der Waals surface area contributed by atoms with Gasteiger partial charge in [0.1, 0.15) is 10.6 Å². The summed E-state index contributed by atoms with van der Waals surface area (Å²) in [6.07, 6.45) is 2.28. The molecule has 1 fully saturated rings. The maximum atomic E-state index is 13.0. The molecule has 0 unspecified atom stereocenters. The van der Waals surface area contributed by atoms with E-state index in [4.69, 9.17) is 9.16 Å². The first-order valence-corrected chi connectivity index (χ1v) is 20.1. The highest BCUT2D eigenvalue weighted by Gasteiger charge is 2.39. The van der Waals surface area contributed by atoms with E-state index in [2.05, 4.69) is 73.9 Å². The van der Waals surface area contributed by atoms with Gasteiger partial charge in [0.2, 0.25) is 0 Å². The van der Waals surface area contributed by atoms with Crippen molar-refractivity contribution in [2.45, 2.75) is 64.3 Å². The minimum absolute atomic E-state index is 0.00841. The third kappa shape index (κ3) is 9.51. The van der Waals surface area contributed by atoms with Crippen molar-refractivity contribution < 1.29 is 18.8 Å². The molecule has 3 aromatic rings. The van der Waals surface area contributed by atoms with Crippen molar-refractivity contribution in [1.29, 1.82) is 0 Å². The fraction of sp³-hybridized carbons (Fsp3) is 0.469. The molecule has 0 bridgehead atoms. The number of aromatic nitrogens is 1. The van der Waals surface area contributed by atoms with Gasteiger partial charge in [-0.1, -0.05) is 50.6 Å². The zero-order chi connectivity index (χ0) is 31.0. The molecule has 0 aliphatic carbocycles. The van der Waals surface area contributed by atoms with Gasteiger partial charge in [0.05, 0.1) is 18.7 Å². The van der Waals surface area contributed by atoms with Gasteiger partial charge in [-0.3, -0.25) is 9.80 Å². The number of carbonyl (C=O) groups is 2. The monoisotopic (exact) mass is 655 g/mol. The Bertz CT molecular complexity index is 1440. The van der Waals surface area contributed by atoms with E-state index in [1.165, 1.54) is 35.8 Å². The van der Waals surface area contributed by atoms with Crippen molar-refractivity contribution >= 4 is 54.0 Å². The average Bonchev–Trinajstić information content (AvgIpc) is 3.66. The number of nitrogens with zero attached hydrogens (tertiary/aromatic N) is 3. The molecule has 11 heteroatoms. The number of thioether (sulfide) groups is 1. The van der Waals surface area contributed by atoms with Gasteiger partial charge < -0.3 is 9.16 Å². The van der Waals surface area contributed by atoms with Crippen LogP contribution in [0.2, 0.25) is 18.1 Å². The number of hydrazine groups is 1. The fourth-order valence-corrected chi connectivity index (χ4v) is 8.11. The molecule has 0 saturated carbocycles. The highest BCUT2D eigenvalue weighted by molar-refractivity contribution is 8.13. The molecule has 1 aliphatic rings. The number of ether oxygens (including phenoxy) is 1. The normalized spacial score (nSPS) is 15.2. The number of amides is 1. The first-order valence-electron chi connectivity index (χ1n) is 14.5. The van der Waals surface area contributed by atoms with Gasteiger partial charge in [0.15, 0.2) is 8.32 Å². The second-order valence-electron chi connectivity index (χ2n) is 12.0. The van der Waals surface area contributed by atoms with E-state index in [1.807, 2.05) is 22.5 Å². The van der Waals surface area contributed by atoms with E-state index in [-0.39, 0.29) is 22.4 Å². The number of methoxy groups -OCH3 is 1. The van der Waals surface area contributed by atoms with Crippen LogP contribution in [0.4, 0.5) is 4.79 Å². The molecule has 43 heavy (non-hydrogen) atoms. The minimum Gasteiger partial charge on any atom is -0.465 e. The highest BCUT2D eigenvalue weighted by Crippen LogP contribution is 2.38. The van der Waals surface area contributed by atoms with Gasteiger partial charge in [0, 0.05) is 47.6 Å². The Morgan fingerprint density at radius 2 is 1.98 bits per heavy atom. The summed E-state index contributed by atoms with van der Waals surface area (Å²) in [5.74, 6) is 6.84. The molecule has 4 rings (SSSR count). The van der Waals surface area contributed by atoms with Crippen molar-refractivity contribution in [2.24, 2.45) is 0 Å². The Morgan fingerprint density at radius 1 is 1.16 bits per heavy atom. The molecule has 0 spiro atoms. The predicted molar refractivity (Wildman–Crippen MR) is 180 cm³/mol. The number of thiazole rings is 1. The Kier molecular flexibility index (Phi) is 11.7. The number of hydrogen-bond acceptors (Lipinski definition) is 9. The molecule has 0 N–H and O–H groups in total. The smallest absolute Gasteiger partial charge is 0.348 e. The van der Waals surface area contributed by atoms with Gasteiger partial charge in [0.25, 0.3) is 5.24 Å². The molecule has 1 aliphatic heterocycles. The Hall–Kier alpha value is -2.46. The van der Waals surface area contributed by atoms with Gasteiger partial charge in [-0.2, -0.15) is 0 Å². The summed E-state index contributed by atoms with van der Waals surface area (Å²) in [5.41, 5.74) is 4.74. The predicted octanol–water partition coefficient (Wildman–Crippen LogP) is 7.34. The second kappa shape index (κ2) is 15.0. The summed E-state index contributed by atoms with van der Waals surface area (Å²) < 4.78 is 11.8. The van der Waals surface area contributed by atoms with Gasteiger partial charge in [-0.25, -0.2) is 14.8 Å². The number of thiophene rings is 1. The number of hydrogen-bond donors (Lipinski definition) is 0. The quantitative estimate of drug-likeness (QED) is 0.122. The first-order chi connectivity index (χ1) is 20.4. The summed E-state index contributed by atoms with van der Waals surface area (Å²) in [6.45, 7) is 13.5. The second-order valence-corrected chi connectivity index (χ2v) is 19.7. The first kappa shape index (κ1) is 33.4. The number of carbonyl (C=O) groups excluding carboxylic acids is 2. The average molecular weight is 656 g/mol. The molecule has 3 heterocycles. The molecule has 1 atom stereocenters. The minimum atomic E-state index is -2.05. The third-order valence-electron chi connectivity index (χ3n) is 7.88. The van der Waals surface area contributed by atoms with Crippen LogP contribution in [0, 0.1) is 11.8 Å². The standard InChI is InChI=1S/C32H41N3O4S3Si/c1-32(2,3)43(5,6)39-27(21-25-9-7-8-24(20-25)10-11-26-22-40-23-33-26)14-16-34-18-19-41-31(37)35(34)17-15-28-12-13-29(42-28)30(36)38-4/h7-9,12-13,20,22-23,27H,14-19,21H2,1-6H3/t27-/m1/s1. The van der Waals surface area contributed by atoms with E-state index in [9.17, 15) is 9.59 Å². The van der Waals surface area contributed by atoms with Crippen LogP contribution in [0.15, 0.2) is 47.3 Å². The number of rotatable bonds is 11. The molecule has 7 nitrogen and oxygen atoms in total. The summed E-state index contributed by atoms with van der Waals surface area (Å²) in [6, 6.07) is 12.1. The maximum Gasteiger partial charge on any atom is 0.348 e. The molecule has 1 saturated heterocycles. The van der Waals surface area contributed by atoms with Gasteiger partial charge in [-0.15, -0.1) is 22.7 Å². The number of esters is 1. The largest absolute Gasteiger partial charge is 0.465 e. The van der Waals surface area contributed by atoms with Crippen molar-refractivity contribution in [3.63, 3.8) is 0 Å². The van der Waals surface area contributed by atoms with E-state index in [1.54, 1.807) is 22.9 Å². The molecule has 1 amide bonds. The van der Waals surface area contributed by atoms with Crippen molar-refractivity contribution in [3.8, 4) is 11.8 Å². The SMILES string of the molecule is COC(=O)c1ccc(CCN2C(=O)SCCN2CC[C@H](Cc2cccc(C#Cc3cscn3)c2)O[Si](C)(C)C(C)(C)C)s1. The van der Waals surface area contributed by atoms with E-state index >= 15 is 0 Å². The van der Waals surface area contributed by atoms with Crippen LogP contribution in [-0.2, 0) is 22.0 Å². The molecular formula is C32H41N3O4S3Si. The molecular weight excluding hydrogens is 615 g/mol. The Labute approximate surface area is 269 Å². The Balaban J connectivity index is 1.46. The highest BCUT2D eigenvalue weighted by atomic mass is 32.2. The molecule has 2 aromatic heterocycles. The maximum absolute atomic E-state index is 13.0. The van der Waals surface area contributed by atoms with Crippen LogP contribution >= 0.6 is 34.4 Å². The van der Waals surface area contributed by atoms with Crippen molar-refractivity contribution in [2.75, 3.05) is 32.5 Å². The zero-order valence-electron chi connectivity index (χ0n) is 25.8. The van der Waals surface area contributed by atoms with E-state index in [0.29, 0.717) is 17.8 Å². The van der Waals surface area contributed by atoms with Crippen LogP contribution < -0.4 is 0 Å². The lowest BCUT2D eigenvalue weighted by Crippen LogP contribution is -2.51. The van der Waals surface area contributed by atoms with Crippen LogP contribution in [-0.4, -0.2) is 73.1 Å². The van der Waals surface area contributed by atoms with Crippen molar-refractivity contribution in [1.82, 2.24) is 15.0 Å². The number of benzene rings is 1. The topological polar surface area (TPSA) is 72.0 Å². The third-order valence-corrected chi connectivity index (χ3v) is 15.0. The zero-order valence-corrected chi connectivity index (χ0v) is 29.3. The lowest BCUT2D eigenvalue weighted by molar-refractivity contribution is 0.0161. The van der Waals surface area contributed by atoms with Crippen LogP contribution in [0.1, 0.15) is 58.6 Å². The molecule has 230 valence electrons.